The molecule has 0 radical (unpaired) electrons. The molecule has 1 unspecified atom stereocenters. The quantitative estimate of drug-likeness (QED) is 0.623. The molecule has 1 fully saturated rings. The number of nitro groups is 1. The van der Waals surface area contributed by atoms with Gasteiger partial charge < -0.3 is 15.5 Å². The van der Waals surface area contributed by atoms with E-state index in [-0.39, 0.29) is 10.6 Å². The molecule has 6 nitrogen and oxygen atoms in total. The zero-order chi connectivity index (χ0) is 15.2. The average Bonchev–Trinajstić information content (AvgIpc) is 2.45. The van der Waals surface area contributed by atoms with E-state index >= 15 is 0 Å². The molecule has 1 aromatic rings. The molecule has 6 heteroatoms. The van der Waals surface area contributed by atoms with Crippen molar-refractivity contribution in [3.05, 3.63) is 28.3 Å². The molecule has 2 rings (SSSR count). The van der Waals surface area contributed by atoms with Crippen molar-refractivity contribution in [2.24, 2.45) is 0 Å². The molecule has 0 saturated carbocycles. The molecule has 1 aliphatic rings. The largest absolute Gasteiger partial charge is 0.385 e. The zero-order valence-corrected chi connectivity index (χ0v) is 12.8. The van der Waals surface area contributed by atoms with Gasteiger partial charge in [-0.2, -0.15) is 0 Å². The Morgan fingerprint density at radius 1 is 1.38 bits per heavy atom. The number of rotatable bonds is 6. The van der Waals surface area contributed by atoms with Crippen LogP contribution in [-0.4, -0.2) is 42.5 Å². The number of nitro benzene ring substituents is 1. The lowest BCUT2D eigenvalue weighted by molar-refractivity contribution is -0.384. The highest BCUT2D eigenvalue weighted by molar-refractivity contribution is 5.63. The number of likely N-dealkylation sites (tertiary alicyclic amines) is 1. The maximum absolute atomic E-state index is 11.1. The van der Waals surface area contributed by atoms with Crippen LogP contribution in [0.5, 0.6) is 0 Å². The highest BCUT2D eigenvalue weighted by Crippen LogP contribution is 2.26. The molecule has 2 N–H and O–H groups in total. The Balaban J connectivity index is 2.12. The van der Waals surface area contributed by atoms with Gasteiger partial charge in [0.15, 0.2) is 0 Å². The number of nitrogens with one attached hydrogen (secondary N) is 2. The van der Waals surface area contributed by atoms with Crippen LogP contribution in [0.25, 0.3) is 0 Å². The van der Waals surface area contributed by atoms with Crippen molar-refractivity contribution in [1.29, 1.82) is 0 Å². The van der Waals surface area contributed by atoms with E-state index in [1.54, 1.807) is 12.1 Å². The van der Waals surface area contributed by atoms with Crippen molar-refractivity contribution >= 4 is 17.1 Å². The molecular weight excluding hydrogens is 268 g/mol. The summed E-state index contributed by atoms with van der Waals surface area (Å²) < 4.78 is 0. The van der Waals surface area contributed by atoms with Gasteiger partial charge in [-0.1, -0.05) is 6.92 Å². The number of benzene rings is 1. The summed E-state index contributed by atoms with van der Waals surface area (Å²) in [6.45, 7) is 4.98. The van der Waals surface area contributed by atoms with Crippen molar-refractivity contribution in [3.63, 3.8) is 0 Å². The first kappa shape index (κ1) is 15.6. The van der Waals surface area contributed by atoms with E-state index < -0.39 is 0 Å². The van der Waals surface area contributed by atoms with Crippen LogP contribution in [0, 0.1) is 10.1 Å². The van der Waals surface area contributed by atoms with Crippen LogP contribution in [0.2, 0.25) is 0 Å². The molecule has 0 aromatic heterocycles. The predicted molar refractivity (Wildman–Crippen MR) is 86.0 cm³/mol. The second-order valence-electron chi connectivity index (χ2n) is 5.70. The Labute approximate surface area is 125 Å². The van der Waals surface area contributed by atoms with Gasteiger partial charge in [0, 0.05) is 42.6 Å². The summed E-state index contributed by atoms with van der Waals surface area (Å²) in [5.74, 6) is 0. The molecule has 0 aliphatic carbocycles. The SMILES string of the molecule is CCCNc1cc(NC2CCCN(C)C2)cc([N+](=O)[O-])c1. The fourth-order valence-electron chi connectivity index (χ4n) is 2.69. The van der Waals surface area contributed by atoms with Crippen molar-refractivity contribution in [1.82, 2.24) is 4.90 Å². The molecule has 0 amide bonds. The molecule has 1 heterocycles. The first-order chi connectivity index (χ1) is 10.1. The number of anilines is 2. The Kier molecular flexibility index (Phi) is 5.38. The minimum atomic E-state index is -0.338. The van der Waals surface area contributed by atoms with Crippen molar-refractivity contribution < 1.29 is 4.92 Å². The molecule has 1 aromatic carbocycles. The summed E-state index contributed by atoms with van der Waals surface area (Å²) in [5.41, 5.74) is 1.75. The number of piperidine rings is 1. The van der Waals surface area contributed by atoms with E-state index in [0.717, 1.165) is 50.3 Å². The summed E-state index contributed by atoms with van der Waals surface area (Å²) in [4.78, 5) is 13.0. The first-order valence-corrected chi connectivity index (χ1v) is 7.57. The summed E-state index contributed by atoms with van der Waals surface area (Å²) in [6, 6.07) is 5.52. The fourth-order valence-corrected chi connectivity index (χ4v) is 2.69. The molecule has 1 saturated heterocycles. The number of hydrogen-bond acceptors (Lipinski definition) is 5. The van der Waals surface area contributed by atoms with Crippen LogP contribution in [0.15, 0.2) is 18.2 Å². The van der Waals surface area contributed by atoms with Crippen LogP contribution < -0.4 is 10.6 Å². The van der Waals surface area contributed by atoms with Crippen LogP contribution in [0.4, 0.5) is 17.1 Å². The predicted octanol–water partition coefficient (Wildman–Crippen LogP) is 2.92. The zero-order valence-electron chi connectivity index (χ0n) is 12.8. The second kappa shape index (κ2) is 7.26. The molecule has 0 bridgehead atoms. The molecular formula is C15H24N4O2. The summed E-state index contributed by atoms with van der Waals surface area (Å²) in [5, 5.41) is 17.7. The molecule has 0 spiro atoms. The highest BCUT2D eigenvalue weighted by Gasteiger charge is 2.18. The lowest BCUT2D eigenvalue weighted by Gasteiger charge is -2.31. The van der Waals surface area contributed by atoms with Gasteiger partial charge in [-0.3, -0.25) is 10.1 Å². The van der Waals surface area contributed by atoms with E-state index in [1.165, 1.54) is 0 Å². The van der Waals surface area contributed by atoms with E-state index in [2.05, 4.69) is 29.5 Å². The molecule has 1 atom stereocenters. The van der Waals surface area contributed by atoms with Gasteiger partial charge >= 0.3 is 0 Å². The topological polar surface area (TPSA) is 70.4 Å². The van der Waals surface area contributed by atoms with Crippen molar-refractivity contribution in [2.45, 2.75) is 32.2 Å². The monoisotopic (exact) mass is 292 g/mol. The van der Waals surface area contributed by atoms with Crippen molar-refractivity contribution in [3.8, 4) is 0 Å². The third-order valence-electron chi connectivity index (χ3n) is 3.70. The fraction of sp³-hybridized carbons (Fsp3) is 0.600. The summed E-state index contributed by atoms with van der Waals surface area (Å²) >= 11 is 0. The van der Waals surface area contributed by atoms with Gasteiger partial charge in [0.05, 0.1) is 4.92 Å². The van der Waals surface area contributed by atoms with E-state index in [1.807, 2.05) is 6.07 Å². The Morgan fingerprint density at radius 3 is 2.81 bits per heavy atom. The van der Waals surface area contributed by atoms with Gasteiger partial charge in [-0.25, -0.2) is 0 Å². The lowest BCUT2D eigenvalue weighted by atomic mass is 10.1. The standard InChI is InChI=1S/C15H24N4O2/c1-3-6-16-13-8-14(10-15(9-13)19(20)21)17-12-5-4-7-18(2)11-12/h8-10,12,16-17H,3-7,11H2,1-2H3. The van der Waals surface area contributed by atoms with Gasteiger partial charge in [-0.05, 0) is 38.9 Å². The van der Waals surface area contributed by atoms with Gasteiger partial charge in [0.2, 0.25) is 0 Å². The number of likely N-dealkylation sites (N-methyl/N-ethyl adjacent to an activating group) is 1. The minimum absolute atomic E-state index is 0.128. The summed E-state index contributed by atoms with van der Waals surface area (Å²) in [6.07, 6.45) is 3.24. The van der Waals surface area contributed by atoms with E-state index in [4.69, 9.17) is 0 Å². The smallest absolute Gasteiger partial charge is 0.273 e. The lowest BCUT2D eigenvalue weighted by Crippen LogP contribution is -2.39. The average molecular weight is 292 g/mol. The number of non-ortho nitro benzene ring substituents is 1. The van der Waals surface area contributed by atoms with Crippen LogP contribution in [0.3, 0.4) is 0 Å². The number of nitrogens with zero attached hydrogens (tertiary/aromatic N) is 2. The normalized spacial score (nSPS) is 19.2. The minimum Gasteiger partial charge on any atom is -0.385 e. The van der Waals surface area contributed by atoms with E-state index in [9.17, 15) is 10.1 Å². The van der Waals surface area contributed by atoms with Crippen LogP contribution in [0.1, 0.15) is 26.2 Å². The maximum Gasteiger partial charge on any atom is 0.273 e. The second-order valence-corrected chi connectivity index (χ2v) is 5.70. The van der Waals surface area contributed by atoms with Gasteiger partial charge in [0.1, 0.15) is 0 Å². The Hall–Kier alpha value is -1.82. The molecule has 1 aliphatic heterocycles. The molecule has 116 valence electrons. The number of hydrogen-bond donors (Lipinski definition) is 2. The third-order valence-corrected chi connectivity index (χ3v) is 3.70. The first-order valence-electron chi connectivity index (χ1n) is 7.57. The Morgan fingerprint density at radius 2 is 2.14 bits per heavy atom. The molecule has 21 heavy (non-hydrogen) atoms. The highest BCUT2D eigenvalue weighted by atomic mass is 16.6. The van der Waals surface area contributed by atoms with Gasteiger partial charge in [0.25, 0.3) is 5.69 Å². The third kappa shape index (κ3) is 4.60. The Bertz CT molecular complexity index is 493. The van der Waals surface area contributed by atoms with Crippen LogP contribution in [-0.2, 0) is 0 Å². The maximum atomic E-state index is 11.1. The van der Waals surface area contributed by atoms with Crippen molar-refractivity contribution in [2.75, 3.05) is 37.3 Å². The summed E-state index contributed by atoms with van der Waals surface area (Å²) in [7, 11) is 2.11. The van der Waals surface area contributed by atoms with E-state index in [0.29, 0.717) is 6.04 Å². The van der Waals surface area contributed by atoms with Gasteiger partial charge in [-0.15, -0.1) is 0 Å². The van der Waals surface area contributed by atoms with Crippen LogP contribution >= 0.6 is 0 Å².